The molecule has 0 atom stereocenters. The molecule has 0 amide bonds. The summed E-state index contributed by atoms with van der Waals surface area (Å²) in [6.45, 7) is 5.00. The minimum atomic E-state index is 0.557. The summed E-state index contributed by atoms with van der Waals surface area (Å²) in [5, 5.41) is 9.90. The first-order valence-corrected chi connectivity index (χ1v) is 5.37. The zero-order chi connectivity index (χ0) is 11.4. The fourth-order valence-electron chi connectivity index (χ4n) is 1.54. The molecule has 0 fully saturated rings. The third-order valence-electron chi connectivity index (χ3n) is 2.18. The van der Waals surface area contributed by atoms with Crippen LogP contribution in [0, 0.1) is 0 Å². The zero-order valence-corrected chi connectivity index (χ0v) is 9.43. The van der Waals surface area contributed by atoms with Crippen molar-refractivity contribution in [3.8, 4) is 11.8 Å². The first-order valence-electron chi connectivity index (χ1n) is 5.37. The Morgan fingerprint density at radius 2 is 1.31 bits per heavy atom. The Bertz CT molecular complexity index is 441. The SMILES string of the molecule is CCOc1nnc(OCC)c2ccccc12. The molecule has 0 aliphatic heterocycles. The fourth-order valence-corrected chi connectivity index (χ4v) is 1.54. The molecule has 0 aliphatic carbocycles. The molecule has 1 aromatic carbocycles. The van der Waals surface area contributed by atoms with Gasteiger partial charge in [-0.2, -0.15) is 0 Å². The van der Waals surface area contributed by atoms with E-state index in [1.54, 1.807) is 0 Å². The lowest BCUT2D eigenvalue weighted by atomic mass is 10.2. The smallest absolute Gasteiger partial charge is 0.241 e. The fraction of sp³-hybridized carbons (Fsp3) is 0.333. The lowest BCUT2D eigenvalue weighted by Gasteiger charge is -2.08. The molecular formula is C12H14N2O2. The molecule has 0 N–H and O–H groups in total. The van der Waals surface area contributed by atoms with Crippen molar-refractivity contribution in [2.45, 2.75) is 13.8 Å². The molecular weight excluding hydrogens is 204 g/mol. The molecule has 4 heteroatoms. The number of rotatable bonds is 4. The Hall–Kier alpha value is -1.84. The van der Waals surface area contributed by atoms with Gasteiger partial charge in [0, 0.05) is 0 Å². The third-order valence-corrected chi connectivity index (χ3v) is 2.18. The Kier molecular flexibility index (Phi) is 3.19. The van der Waals surface area contributed by atoms with Crippen LogP contribution in [0.4, 0.5) is 0 Å². The summed E-state index contributed by atoms with van der Waals surface area (Å²) in [5.74, 6) is 1.11. The van der Waals surface area contributed by atoms with Gasteiger partial charge in [0.05, 0.1) is 24.0 Å². The lowest BCUT2D eigenvalue weighted by Crippen LogP contribution is -2.01. The van der Waals surface area contributed by atoms with E-state index >= 15 is 0 Å². The molecule has 0 saturated heterocycles. The normalized spacial score (nSPS) is 10.4. The summed E-state index contributed by atoms with van der Waals surface area (Å²) < 4.78 is 10.8. The van der Waals surface area contributed by atoms with Gasteiger partial charge >= 0.3 is 0 Å². The Balaban J connectivity index is 2.57. The molecule has 2 aromatic rings. The number of nitrogens with zero attached hydrogens (tertiary/aromatic N) is 2. The maximum Gasteiger partial charge on any atom is 0.241 e. The van der Waals surface area contributed by atoms with Crippen LogP contribution in [0.1, 0.15) is 13.8 Å². The van der Waals surface area contributed by atoms with Crippen molar-refractivity contribution in [2.24, 2.45) is 0 Å². The van der Waals surface area contributed by atoms with E-state index in [-0.39, 0.29) is 0 Å². The topological polar surface area (TPSA) is 44.2 Å². The predicted molar refractivity (Wildman–Crippen MR) is 61.9 cm³/mol. The second-order valence-electron chi connectivity index (χ2n) is 3.22. The molecule has 2 rings (SSSR count). The van der Waals surface area contributed by atoms with E-state index in [4.69, 9.17) is 9.47 Å². The van der Waals surface area contributed by atoms with Crippen molar-refractivity contribution in [1.82, 2.24) is 10.2 Å². The van der Waals surface area contributed by atoms with Gasteiger partial charge in [-0.25, -0.2) is 0 Å². The predicted octanol–water partition coefficient (Wildman–Crippen LogP) is 2.43. The van der Waals surface area contributed by atoms with Gasteiger partial charge in [0.15, 0.2) is 0 Å². The van der Waals surface area contributed by atoms with Gasteiger partial charge < -0.3 is 9.47 Å². The molecule has 0 radical (unpaired) electrons. The first-order chi connectivity index (χ1) is 7.86. The van der Waals surface area contributed by atoms with Crippen LogP contribution in [0.3, 0.4) is 0 Å². The van der Waals surface area contributed by atoms with Crippen LogP contribution in [-0.2, 0) is 0 Å². The Morgan fingerprint density at radius 1 is 0.875 bits per heavy atom. The highest BCUT2D eigenvalue weighted by atomic mass is 16.5. The number of hydrogen-bond donors (Lipinski definition) is 0. The van der Waals surface area contributed by atoms with Crippen LogP contribution in [0.2, 0.25) is 0 Å². The summed E-state index contributed by atoms with van der Waals surface area (Å²) in [7, 11) is 0. The van der Waals surface area contributed by atoms with E-state index < -0.39 is 0 Å². The zero-order valence-electron chi connectivity index (χ0n) is 9.43. The standard InChI is InChI=1S/C12H14N2O2/c1-3-15-11-9-7-5-6-8-10(9)12(14-13-11)16-4-2/h5-8H,3-4H2,1-2H3. The second-order valence-corrected chi connectivity index (χ2v) is 3.22. The molecule has 84 valence electrons. The van der Waals surface area contributed by atoms with Crippen LogP contribution in [0.15, 0.2) is 24.3 Å². The Morgan fingerprint density at radius 3 is 1.69 bits per heavy atom. The maximum absolute atomic E-state index is 5.42. The maximum atomic E-state index is 5.42. The quantitative estimate of drug-likeness (QED) is 0.790. The number of aromatic nitrogens is 2. The third kappa shape index (κ3) is 1.91. The van der Waals surface area contributed by atoms with Gasteiger partial charge in [-0.15, -0.1) is 10.2 Å². The number of fused-ring (bicyclic) bond motifs is 1. The van der Waals surface area contributed by atoms with Gasteiger partial charge in [0.25, 0.3) is 0 Å². The highest BCUT2D eigenvalue weighted by Gasteiger charge is 2.09. The van der Waals surface area contributed by atoms with Gasteiger partial charge in [-0.1, -0.05) is 12.1 Å². The monoisotopic (exact) mass is 218 g/mol. The van der Waals surface area contributed by atoms with Crippen LogP contribution in [0.5, 0.6) is 11.8 Å². The lowest BCUT2D eigenvalue weighted by molar-refractivity contribution is 0.309. The molecule has 16 heavy (non-hydrogen) atoms. The average molecular weight is 218 g/mol. The van der Waals surface area contributed by atoms with Crippen molar-refractivity contribution in [1.29, 1.82) is 0 Å². The molecule has 4 nitrogen and oxygen atoms in total. The van der Waals surface area contributed by atoms with E-state index in [0.29, 0.717) is 25.0 Å². The summed E-state index contributed by atoms with van der Waals surface area (Å²) in [4.78, 5) is 0. The molecule has 1 aromatic heterocycles. The molecule has 0 spiro atoms. The first kappa shape index (κ1) is 10.7. The summed E-state index contributed by atoms with van der Waals surface area (Å²) in [6.07, 6.45) is 0. The van der Waals surface area contributed by atoms with Gasteiger partial charge in [0.2, 0.25) is 11.8 Å². The number of ether oxygens (including phenoxy) is 2. The van der Waals surface area contributed by atoms with Crippen LogP contribution in [0.25, 0.3) is 10.8 Å². The molecule has 0 unspecified atom stereocenters. The second kappa shape index (κ2) is 4.79. The van der Waals surface area contributed by atoms with Crippen molar-refractivity contribution in [2.75, 3.05) is 13.2 Å². The van der Waals surface area contributed by atoms with Crippen LogP contribution < -0.4 is 9.47 Å². The van der Waals surface area contributed by atoms with E-state index in [1.165, 1.54) is 0 Å². The summed E-state index contributed by atoms with van der Waals surface area (Å²) >= 11 is 0. The van der Waals surface area contributed by atoms with E-state index in [2.05, 4.69) is 10.2 Å². The van der Waals surface area contributed by atoms with Gasteiger partial charge in [0.1, 0.15) is 0 Å². The molecule has 1 heterocycles. The average Bonchev–Trinajstić information content (AvgIpc) is 2.33. The van der Waals surface area contributed by atoms with Crippen molar-refractivity contribution in [3.63, 3.8) is 0 Å². The largest absolute Gasteiger partial charge is 0.476 e. The van der Waals surface area contributed by atoms with Gasteiger partial charge in [-0.05, 0) is 26.0 Å². The van der Waals surface area contributed by atoms with E-state index in [0.717, 1.165) is 10.8 Å². The highest BCUT2D eigenvalue weighted by molar-refractivity contribution is 5.90. The van der Waals surface area contributed by atoms with Gasteiger partial charge in [-0.3, -0.25) is 0 Å². The Labute approximate surface area is 94.2 Å². The van der Waals surface area contributed by atoms with E-state index in [1.807, 2.05) is 38.1 Å². The summed E-state index contributed by atoms with van der Waals surface area (Å²) in [5.41, 5.74) is 0. The minimum Gasteiger partial charge on any atom is -0.476 e. The molecule has 0 aliphatic rings. The van der Waals surface area contributed by atoms with Crippen molar-refractivity contribution >= 4 is 10.8 Å². The van der Waals surface area contributed by atoms with E-state index in [9.17, 15) is 0 Å². The van der Waals surface area contributed by atoms with Crippen LogP contribution in [-0.4, -0.2) is 23.4 Å². The molecule has 0 bridgehead atoms. The van der Waals surface area contributed by atoms with Crippen molar-refractivity contribution in [3.05, 3.63) is 24.3 Å². The van der Waals surface area contributed by atoms with Crippen molar-refractivity contribution < 1.29 is 9.47 Å². The number of hydrogen-bond acceptors (Lipinski definition) is 4. The van der Waals surface area contributed by atoms with Crippen LogP contribution >= 0.6 is 0 Å². The summed E-state index contributed by atoms with van der Waals surface area (Å²) in [6, 6.07) is 7.81. The minimum absolute atomic E-state index is 0.557. The highest BCUT2D eigenvalue weighted by Crippen LogP contribution is 2.28. The number of benzene rings is 1. The molecule has 0 saturated carbocycles.